The Morgan fingerprint density at radius 3 is 0.714 bits per heavy atom. The first-order valence-electron chi connectivity index (χ1n) is 8.63. The van der Waals surface area contributed by atoms with Gasteiger partial charge in [0.05, 0.1) is 0 Å². The normalized spacial score (nSPS) is 7.43. The molecule has 0 atom stereocenters. The Morgan fingerprint density at radius 1 is 0.667 bits per heavy atom. The van der Waals surface area contributed by atoms with Crippen molar-refractivity contribution in [3.63, 3.8) is 0 Å². The van der Waals surface area contributed by atoms with E-state index in [0.29, 0.717) is 0 Å². The molecule has 0 heterocycles. The maximum absolute atomic E-state index is 4.25. The number of nitrogens with zero attached hydrogens (tertiary/aromatic N) is 1. The Labute approximate surface area is 139 Å². The van der Waals surface area contributed by atoms with Crippen LogP contribution in [0.1, 0.15) is 88.0 Å². The molecule has 2 heteroatoms. The van der Waals surface area contributed by atoms with Crippen LogP contribution in [0.3, 0.4) is 0 Å². The molecule has 0 aliphatic rings. The minimum absolute atomic E-state index is 0.833. The molecular weight excluding hydrogens is 258 g/mol. The Kier molecular flexibility index (Phi) is 106. The molecule has 0 saturated carbocycles. The molecule has 0 aromatic heterocycles. The Bertz CT molecular complexity index is 65.4. The summed E-state index contributed by atoms with van der Waals surface area (Å²) in [5.41, 5.74) is 0. The van der Waals surface area contributed by atoms with Crippen LogP contribution in [0.5, 0.6) is 0 Å². The van der Waals surface area contributed by atoms with Crippen LogP contribution in [0, 0.1) is 5.92 Å². The van der Waals surface area contributed by atoms with Crippen LogP contribution in [-0.2, 0) is 4.74 Å². The summed E-state index contributed by atoms with van der Waals surface area (Å²) in [6.45, 7) is 19.4. The highest BCUT2D eigenvalue weighted by Gasteiger charge is 1.68. The van der Waals surface area contributed by atoms with Crippen molar-refractivity contribution < 1.29 is 4.74 Å². The summed E-state index contributed by atoms with van der Waals surface area (Å²) >= 11 is 0. The predicted octanol–water partition coefficient (Wildman–Crippen LogP) is 6.74. The molecule has 0 N–H and O–H groups in total. The van der Waals surface area contributed by atoms with Crippen molar-refractivity contribution in [3.05, 3.63) is 0 Å². The van der Waals surface area contributed by atoms with Gasteiger partial charge in [-0.1, -0.05) is 88.0 Å². The fraction of sp³-hybridized carbons (Fsp3) is 1.00. The van der Waals surface area contributed by atoms with E-state index in [-0.39, 0.29) is 0 Å². The van der Waals surface area contributed by atoms with Crippen LogP contribution in [0.2, 0.25) is 0 Å². The van der Waals surface area contributed by atoms with Crippen LogP contribution in [0.4, 0.5) is 0 Å². The highest BCUT2D eigenvalue weighted by molar-refractivity contribution is 4.20. The van der Waals surface area contributed by atoms with Crippen LogP contribution in [0.25, 0.3) is 0 Å². The molecule has 0 aromatic rings. The van der Waals surface area contributed by atoms with E-state index in [4.69, 9.17) is 0 Å². The van der Waals surface area contributed by atoms with Crippen molar-refractivity contribution >= 4 is 0 Å². The Hall–Kier alpha value is -0.0800. The summed E-state index contributed by atoms with van der Waals surface area (Å²) in [6, 6.07) is 0. The lowest BCUT2D eigenvalue weighted by atomic mass is 10.3. The van der Waals surface area contributed by atoms with Gasteiger partial charge in [-0.05, 0) is 27.1 Å². The average Bonchev–Trinajstić information content (AvgIpc) is 2.30. The van der Waals surface area contributed by atoms with Gasteiger partial charge in [0.25, 0.3) is 0 Å². The molecule has 0 aliphatic carbocycles. The van der Waals surface area contributed by atoms with Crippen molar-refractivity contribution in [2.24, 2.45) is 5.92 Å². The monoisotopic (exact) mass is 309 g/mol. The summed E-state index contributed by atoms with van der Waals surface area (Å²) in [6.07, 6.45) is 5.14. The maximum atomic E-state index is 4.25. The lowest BCUT2D eigenvalue weighted by molar-refractivity contribution is 0.277. The zero-order valence-electron chi connectivity index (χ0n) is 18.3. The Morgan fingerprint density at radius 2 is 0.714 bits per heavy atom. The van der Waals surface area contributed by atoms with Crippen molar-refractivity contribution in [2.75, 3.05) is 35.4 Å². The van der Waals surface area contributed by atoms with Gasteiger partial charge in [-0.3, -0.25) is 0 Å². The molecule has 0 aromatic carbocycles. The molecular formula is C19H51NO. The molecule has 0 saturated heterocycles. The molecule has 0 unspecified atom stereocenters. The number of methoxy groups -OCH3 is 1. The number of unbranched alkanes of at least 4 members (excludes halogenated alkanes) is 1. The Balaban J connectivity index is -0.0000000324. The van der Waals surface area contributed by atoms with Crippen LogP contribution < -0.4 is 0 Å². The predicted molar refractivity (Wildman–Crippen MR) is 106 cm³/mol. The largest absolute Gasteiger partial charge is 0.388 e. The van der Waals surface area contributed by atoms with Crippen molar-refractivity contribution in [1.82, 2.24) is 4.90 Å². The lowest BCUT2D eigenvalue weighted by Gasteiger charge is -1.90. The SMILES string of the molecule is CC(C)C.CCC.CCC.CCCC.CN(C)C.COC. The summed E-state index contributed by atoms with van der Waals surface area (Å²) in [5.74, 6) is 0.833. The summed E-state index contributed by atoms with van der Waals surface area (Å²) < 4.78 is 4.25. The van der Waals surface area contributed by atoms with Crippen LogP contribution in [-0.4, -0.2) is 40.3 Å². The first-order chi connectivity index (χ1) is 9.62. The number of hydrogen-bond acceptors (Lipinski definition) is 2. The van der Waals surface area contributed by atoms with E-state index < -0.39 is 0 Å². The average molecular weight is 310 g/mol. The molecule has 0 aliphatic heterocycles. The van der Waals surface area contributed by atoms with Gasteiger partial charge >= 0.3 is 0 Å². The van der Waals surface area contributed by atoms with Gasteiger partial charge in [-0.25, -0.2) is 0 Å². The third kappa shape index (κ3) is 7560. The highest BCUT2D eigenvalue weighted by atomic mass is 16.4. The highest BCUT2D eigenvalue weighted by Crippen LogP contribution is 1.81. The van der Waals surface area contributed by atoms with E-state index in [1.54, 1.807) is 14.2 Å². The van der Waals surface area contributed by atoms with E-state index in [1.165, 1.54) is 25.7 Å². The minimum Gasteiger partial charge on any atom is -0.388 e. The third-order valence-corrected chi connectivity index (χ3v) is 0.500. The second-order valence-corrected chi connectivity index (χ2v) is 5.90. The van der Waals surface area contributed by atoms with E-state index in [1.807, 2.05) is 26.0 Å². The van der Waals surface area contributed by atoms with Gasteiger partial charge < -0.3 is 9.64 Å². The van der Waals surface area contributed by atoms with Gasteiger partial charge in [-0.15, -0.1) is 0 Å². The van der Waals surface area contributed by atoms with E-state index in [0.717, 1.165) is 5.92 Å². The number of rotatable bonds is 1. The zero-order chi connectivity index (χ0) is 18.7. The van der Waals surface area contributed by atoms with E-state index >= 15 is 0 Å². The number of hydrogen-bond donors (Lipinski definition) is 0. The van der Waals surface area contributed by atoms with Gasteiger partial charge in [0.1, 0.15) is 0 Å². The van der Waals surface area contributed by atoms with E-state index in [2.05, 4.69) is 67.1 Å². The molecule has 0 spiro atoms. The summed E-state index contributed by atoms with van der Waals surface area (Å²) in [4.78, 5) is 2.00. The zero-order valence-corrected chi connectivity index (χ0v) is 18.3. The summed E-state index contributed by atoms with van der Waals surface area (Å²) in [7, 11) is 9.25. The summed E-state index contributed by atoms with van der Waals surface area (Å²) in [5, 5.41) is 0. The molecule has 0 fully saturated rings. The quantitative estimate of drug-likeness (QED) is 0.531. The van der Waals surface area contributed by atoms with Gasteiger partial charge in [0.2, 0.25) is 0 Å². The molecule has 0 rings (SSSR count). The van der Waals surface area contributed by atoms with Crippen LogP contribution in [0.15, 0.2) is 0 Å². The molecule has 0 bridgehead atoms. The molecule has 21 heavy (non-hydrogen) atoms. The molecule has 0 amide bonds. The molecule has 0 radical (unpaired) electrons. The molecule has 138 valence electrons. The van der Waals surface area contributed by atoms with Crippen molar-refractivity contribution in [1.29, 1.82) is 0 Å². The topological polar surface area (TPSA) is 12.5 Å². The van der Waals surface area contributed by atoms with Gasteiger partial charge in [0.15, 0.2) is 0 Å². The third-order valence-electron chi connectivity index (χ3n) is 0.500. The van der Waals surface area contributed by atoms with Gasteiger partial charge in [0, 0.05) is 14.2 Å². The van der Waals surface area contributed by atoms with E-state index in [9.17, 15) is 0 Å². The second kappa shape index (κ2) is 59.8. The first-order valence-corrected chi connectivity index (χ1v) is 8.63. The standard InChI is InChI=1S/2C4H10.C3H9N.2C3H8.C2H6O/c1-4(2)3;1-3-4-2;1-4(2)3;3*1-3-2/h4H,1-3H3;3-4H2,1-2H3;1-3H3;2*3H2,1-2H3;1-2H3. The van der Waals surface area contributed by atoms with Crippen LogP contribution >= 0.6 is 0 Å². The lowest BCUT2D eigenvalue weighted by Crippen LogP contribution is -1.99. The first kappa shape index (κ1) is 37.3. The fourth-order valence-electron chi connectivity index (χ4n) is 0. The smallest absolute Gasteiger partial charge is 0.0351 e. The van der Waals surface area contributed by atoms with Crippen molar-refractivity contribution in [2.45, 2.75) is 88.0 Å². The number of ether oxygens (including phenoxy) is 1. The fourth-order valence-corrected chi connectivity index (χ4v) is 0. The molecule has 2 nitrogen and oxygen atoms in total. The van der Waals surface area contributed by atoms with Gasteiger partial charge in [-0.2, -0.15) is 0 Å². The maximum Gasteiger partial charge on any atom is 0.0351 e. The van der Waals surface area contributed by atoms with Crippen molar-refractivity contribution in [3.8, 4) is 0 Å². The minimum atomic E-state index is 0.833. The second-order valence-electron chi connectivity index (χ2n) is 5.90.